The van der Waals surface area contributed by atoms with E-state index >= 15 is 0 Å². The number of rotatable bonds is 5. The monoisotopic (exact) mass is 293 g/mol. The Morgan fingerprint density at radius 1 is 1.33 bits per heavy atom. The Morgan fingerprint density at radius 2 is 2.05 bits per heavy atom. The third-order valence-corrected chi connectivity index (χ3v) is 3.52. The molecule has 2 rings (SSSR count). The number of hydrogen-bond acceptors (Lipinski definition) is 7. The number of amides is 1. The molecule has 1 aliphatic rings. The van der Waals surface area contributed by atoms with Crippen LogP contribution in [0.3, 0.4) is 0 Å². The lowest BCUT2D eigenvalue weighted by molar-refractivity contribution is 0.0623. The van der Waals surface area contributed by atoms with Gasteiger partial charge in [0, 0.05) is 39.3 Å². The van der Waals surface area contributed by atoms with Crippen molar-refractivity contribution in [3.8, 4) is 0 Å². The van der Waals surface area contributed by atoms with Crippen molar-refractivity contribution < 1.29 is 4.79 Å². The van der Waals surface area contributed by atoms with Crippen molar-refractivity contribution in [1.82, 2.24) is 24.7 Å². The van der Waals surface area contributed by atoms with Gasteiger partial charge in [-0.15, -0.1) is 0 Å². The molecule has 1 fully saturated rings. The van der Waals surface area contributed by atoms with Crippen molar-refractivity contribution in [1.29, 1.82) is 0 Å². The highest BCUT2D eigenvalue weighted by atomic mass is 16.2. The molecule has 1 aromatic heterocycles. The Morgan fingerprint density at radius 3 is 2.67 bits per heavy atom. The van der Waals surface area contributed by atoms with Gasteiger partial charge in [-0.3, -0.25) is 14.7 Å². The highest BCUT2D eigenvalue weighted by Gasteiger charge is 2.23. The number of carbonyl (C=O) groups is 1. The van der Waals surface area contributed by atoms with Crippen LogP contribution in [0.5, 0.6) is 0 Å². The van der Waals surface area contributed by atoms with E-state index in [1.165, 1.54) is 12.4 Å². The van der Waals surface area contributed by atoms with Crippen LogP contribution < -0.4 is 11.3 Å². The summed E-state index contributed by atoms with van der Waals surface area (Å²) in [5.74, 6) is 5.59. The van der Waals surface area contributed by atoms with Gasteiger partial charge in [0.2, 0.25) is 0 Å². The van der Waals surface area contributed by atoms with E-state index in [0.29, 0.717) is 24.6 Å². The van der Waals surface area contributed by atoms with Gasteiger partial charge < -0.3 is 15.2 Å². The Hall–Kier alpha value is -1.77. The Kier molecular flexibility index (Phi) is 5.43. The van der Waals surface area contributed by atoms with Gasteiger partial charge in [-0.05, 0) is 14.1 Å². The number of aromatic nitrogens is 2. The number of nitrogens with zero attached hydrogens (tertiary/aromatic N) is 5. The number of hydrazine groups is 1. The third-order valence-electron chi connectivity index (χ3n) is 3.52. The third kappa shape index (κ3) is 4.35. The second-order valence-corrected chi connectivity index (χ2v) is 5.37. The van der Waals surface area contributed by atoms with Crippen molar-refractivity contribution >= 4 is 11.7 Å². The topological polar surface area (TPSA) is 90.6 Å². The fourth-order valence-corrected chi connectivity index (χ4v) is 2.22. The SMILES string of the molecule is CN(C)CCN1CCN(C(=O)c2cncc(NN)n2)CC1. The molecule has 8 heteroatoms. The van der Waals surface area contributed by atoms with Crippen molar-refractivity contribution in [3.05, 3.63) is 18.1 Å². The van der Waals surface area contributed by atoms with E-state index in [-0.39, 0.29) is 5.91 Å². The van der Waals surface area contributed by atoms with Crippen LogP contribution in [0.25, 0.3) is 0 Å². The summed E-state index contributed by atoms with van der Waals surface area (Å²) in [4.78, 5) is 26.8. The zero-order valence-electron chi connectivity index (χ0n) is 12.6. The summed E-state index contributed by atoms with van der Waals surface area (Å²) in [6, 6.07) is 0. The largest absolute Gasteiger partial charge is 0.335 e. The maximum Gasteiger partial charge on any atom is 0.274 e. The van der Waals surface area contributed by atoms with Gasteiger partial charge in [0.05, 0.1) is 12.4 Å². The van der Waals surface area contributed by atoms with Crippen LogP contribution >= 0.6 is 0 Å². The molecular formula is C13H23N7O. The molecule has 21 heavy (non-hydrogen) atoms. The van der Waals surface area contributed by atoms with Gasteiger partial charge in [-0.1, -0.05) is 0 Å². The number of anilines is 1. The minimum absolute atomic E-state index is 0.0909. The van der Waals surface area contributed by atoms with Gasteiger partial charge in [0.1, 0.15) is 5.69 Å². The second-order valence-electron chi connectivity index (χ2n) is 5.37. The average molecular weight is 293 g/mol. The molecule has 2 heterocycles. The first kappa shape index (κ1) is 15.6. The number of nitrogens with one attached hydrogen (secondary N) is 1. The number of carbonyl (C=O) groups excluding carboxylic acids is 1. The number of likely N-dealkylation sites (N-methyl/N-ethyl adjacent to an activating group) is 1. The summed E-state index contributed by atoms with van der Waals surface area (Å²) in [7, 11) is 4.13. The predicted octanol–water partition coefficient (Wildman–Crippen LogP) is -0.918. The summed E-state index contributed by atoms with van der Waals surface area (Å²) in [5, 5.41) is 0. The number of nitrogen functional groups attached to an aromatic ring is 1. The van der Waals surface area contributed by atoms with Crippen LogP contribution in [0, 0.1) is 0 Å². The summed E-state index contributed by atoms with van der Waals surface area (Å²) < 4.78 is 0. The molecule has 0 bridgehead atoms. The molecule has 1 amide bonds. The van der Waals surface area contributed by atoms with E-state index in [4.69, 9.17) is 5.84 Å². The Balaban J connectivity index is 1.88. The van der Waals surface area contributed by atoms with Crippen molar-refractivity contribution in [2.45, 2.75) is 0 Å². The summed E-state index contributed by atoms with van der Waals surface area (Å²) in [6.07, 6.45) is 2.96. The zero-order chi connectivity index (χ0) is 15.2. The normalized spacial score (nSPS) is 16.3. The van der Waals surface area contributed by atoms with E-state index in [2.05, 4.69) is 39.3 Å². The first-order valence-electron chi connectivity index (χ1n) is 7.05. The predicted molar refractivity (Wildman–Crippen MR) is 80.7 cm³/mol. The maximum absolute atomic E-state index is 12.4. The highest BCUT2D eigenvalue weighted by molar-refractivity contribution is 5.92. The lowest BCUT2D eigenvalue weighted by Crippen LogP contribution is -2.50. The van der Waals surface area contributed by atoms with Crippen molar-refractivity contribution in [2.24, 2.45) is 5.84 Å². The molecule has 1 aliphatic heterocycles. The minimum atomic E-state index is -0.0909. The average Bonchev–Trinajstić information content (AvgIpc) is 2.52. The molecule has 0 aromatic carbocycles. The quantitative estimate of drug-likeness (QED) is 0.536. The summed E-state index contributed by atoms with van der Waals surface area (Å²) >= 11 is 0. The van der Waals surface area contributed by atoms with E-state index in [0.717, 1.165) is 26.2 Å². The molecule has 8 nitrogen and oxygen atoms in total. The zero-order valence-corrected chi connectivity index (χ0v) is 12.6. The van der Waals surface area contributed by atoms with Gasteiger partial charge >= 0.3 is 0 Å². The van der Waals surface area contributed by atoms with Crippen LogP contribution in [-0.4, -0.2) is 83.9 Å². The molecule has 0 aliphatic carbocycles. The number of piperazine rings is 1. The summed E-state index contributed by atoms with van der Waals surface area (Å²) in [5.41, 5.74) is 2.73. The highest BCUT2D eigenvalue weighted by Crippen LogP contribution is 2.08. The van der Waals surface area contributed by atoms with Gasteiger partial charge in [0.15, 0.2) is 5.82 Å². The first-order chi connectivity index (χ1) is 10.1. The standard InChI is InChI=1S/C13H23N7O/c1-18(2)3-4-19-5-7-20(8-6-19)13(21)11-9-15-10-12(16-11)17-14/h9-10H,3-8,14H2,1-2H3,(H,16,17). The van der Waals surface area contributed by atoms with Crippen molar-refractivity contribution in [3.63, 3.8) is 0 Å². The van der Waals surface area contributed by atoms with E-state index in [1.54, 1.807) is 0 Å². The van der Waals surface area contributed by atoms with E-state index in [1.807, 2.05) is 4.90 Å². The molecule has 3 N–H and O–H groups in total. The Labute approximate surface area is 124 Å². The summed E-state index contributed by atoms with van der Waals surface area (Å²) in [6.45, 7) is 5.27. The molecule has 1 aromatic rings. The second kappa shape index (κ2) is 7.30. The van der Waals surface area contributed by atoms with Crippen LogP contribution in [0.1, 0.15) is 10.5 Å². The Bertz CT molecular complexity index is 471. The van der Waals surface area contributed by atoms with Crippen LogP contribution in [-0.2, 0) is 0 Å². The molecule has 0 atom stereocenters. The lowest BCUT2D eigenvalue weighted by atomic mass is 10.2. The smallest absolute Gasteiger partial charge is 0.274 e. The van der Waals surface area contributed by atoms with Crippen LogP contribution in [0.2, 0.25) is 0 Å². The molecule has 0 spiro atoms. The lowest BCUT2D eigenvalue weighted by Gasteiger charge is -2.35. The van der Waals surface area contributed by atoms with E-state index in [9.17, 15) is 4.79 Å². The van der Waals surface area contributed by atoms with E-state index < -0.39 is 0 Å². The molecule has 1 saturated heterocycles. The van der Waals surface area contributed by atoms with Crippen molar-refractivity contribution in [2.75, 3.05) is 58.8 Å². The molecule has 0 radical (unpaired) electrons. The molecule has 116 valence electrons. The fourth-order valence-electron chi connectivity index (χ4n) is 2.22. The molecule has 0 saturated carbocycles. The maximum atomic E-state index is 12.4. The van der Waals surface area contributed by atoms with Gasteiger partial charge in [-0.2, -0.15) is 0 Å². The number of hydrogen-bond donors (Lipinski definition) is 2. The van der Waals surface area contributed by atoms with Gasteiger partial charge in [0.25, 0.3) is 5.91 Å². The molecular weight excluding hydrogens is 270 g/mol. The van der Waals surface area contributed by atoms with Crippen LogP contribution in [0.15, 0.2) is 12.4 Å². The van der Waals surface area contributed by atoms with Gasteiger partial charge in [-0.25, -0.2) is 10.8 Å². The minimum Gasteiger partial charge on any atom is -0.335 e. The van der Waals surface area contributed by atoms with Crippen LogP contribution in [0.4, 0.5) is 5.82 Å². The number of nitrogens with two attached hydrogens (primary N) is 1. The molecule has 0 unspecified atom stereocenters. The first-order valence-corrected chi connectivity index (χ1v) is 7.05. The fraction of sp³-hybridized carbons (Fsp3) is 0.615.